The Morgan fingerprint density at radius 2 is 1.67 bits per heavy atom. The van der Waals surface area contributed by atoms with E-state index in [1.165, 1.54) is 0 Å². The lowest BCUT2D eigenvalue weighted by atomic mass is 9.80. The molecule has 33 heavy (non-hydrogen) atoms. The van der Waals surface area contributed by atoms with E-state index in [4.69, 9.17) is 8.92 Å². The summed E-state index contributed by atoms with van der Waals surface area (Å²) in [6.45, 7) is 1.42. The predicted octanol–water partition coefficient (Wildman–Crippen LogP) is 1.93. The number of rotatable bonds is 9. The molecule has 1 aliphatic heterocycles. The lowest BCUT2D eigenvalue weighted by Gasteiger charge is -2.37. The van der Waals surface area contributed by atoms with E-state index in [1.807, 2.05) is 14.1 Å². The minimum atomic E-state index is -4.78. The highest BCUT2D eigenvalue weighted by molar-refractivity contribution is 8.93. The Kier molecular flexibility index (Phi) is 9.14. The number of nitrogens with zero attached hydrogens (tertiary/aromatic N) is 1. The zero-order valence-corrected chi connectivity index (χ0v) is 22.2. The number of hydrogen-bond donors (Lipinski definition) is 0. The van der Waals surface area contributed by atoms with Crippen molar-refractivity contribution in [2.45, 2.75) is 43.8 Å². The van der Waals surface area contributed by atoms with Crippen molar-refractivity contribution in [1.29, 1.82) is 0 Å². The van der Waals surface area contributed by atoms with Gasteiger partial charge in [-0.15, -0.1) is 17.0 Å². The molecule has 1 saturated heterocycles. The maximum absolute atomic E-state index is 13.7. The molecule has 1 aromatic carbocycles. The summed E-state index contributed by atoms with van der Waals surface area (Å²) in [6.07, 6.45) is 3.00. The summed E-state index contributed by atoms with van der Waals surface area (Å²) < 4.78 is 70.9. The first-order valence-corrected chi connectivity index (χ1v) is 13.9. The Morgan fingerprint density at radius 1 is 1.06 bits per heavy atom. The fourth-order valence-electron chi connectivity index (χ4n) is 4.70. The molecule has 0 N–H and O–H groups in total. The van der Waals surface area contributed by atoms with Crippen LogP contribution in [-0.4, -0.2) is 76.6 Å². The van der Waals surface area contributed by atoms with Crippen LogP contribution in [0, 0.1) is 5.92 Å². The molecule has 12 heteroatoms. The van der Waals surface area contributed by atoms with Gasteiger partial charge in [0.25, 0.3) is 10.1 Å². The Bertz CT molecular complexity index is 1020. The number of hydrogen-bond acceptors (Lipinski definition) is 8. The predicted molar refractivity (Wildman–Crippen MR) is 126 cm³/mol. The SMILES string of the molecule is Br.C[N+]1(C)CCC(OC(=O)C(OS(=O)(=O)CCS(=O)(=O)[O-])(c2ccccc2)C2CCCC2)C1. The van der Waals surface area contributed by atoms with Crippen LogP contribution in [0.4, 0.5) is 0 Å². The molecule has 0 spiro atoms. The first-order chi connectivity index (χ1) is 14.8. The van der Waals surface area contributed by atoms with Crippen LogP contribution in [0.15, 0.2) is 30.3 Å². The van der Waals surface area contributed by atoms with Gasteiger partial charge in [-0.1, -0.05) is 43.2 Å². The van der Waals surface area contributed by atoms with E-state index in [2.05, 4.69) is 0 Å². The second kappa shape index (κ2) is 10.7. The van der Waals surface area contributed by atoms with Gasteiger partial charge < -0.3 is 13.8 Å². The monoisotopic (exact) mass is 569 g/mol. The standard InChI is InChI=1S/C21H31NO8S2.BrH/c1-22(2)13-12-19(16-22)29-20(23)21(18-10-6-7-11-18,17-8-4-3-5-9-17)30-32(27,28)15-14-31(24,25)26;/h3-5,8-9,18-19H,6-7,10-16H2,1-2H3;1H. The first kappa shape index (κ1) is 28.2. The number of likely N-dealkylation sites (N-methyl/N-ethyl adjacent to an activating group) is 1. The molecule has 1 heterocycles. The van der Waals surface area contributed by atoms with E-state index >= 15 is 0 Å². The number of carbonyl (C=O) groups excluding carboxylic acids is 1. The van der Waals surface area contributed by atoms with Gasteiger partial charge in [0, 0.05) is 12.3 Å². The van der Waals surface area contributed by atoms with Crippen LogP contribution >= 0.6 is 17.0 Å². The molecule has 0 amide bonds. The largest absolute Gasteiger partial charge is 0.748 e. The number of benzene rings is 1. The third kappa shape index (κ3) is 7.22. The zero-order valence-electron chi connectivity index (χ0n) is 18.8. The Balaban J connectivity index is 0.00000385. The molecule has 1 aromatic rings. The van der Waals surface area contributed by atoms with E-state index in [1.54, 1.807) is 30.3 Å². The van der Waals surface area contributed by atoms with E-state index < -0.39 is 49.2 Å². The summed E-state index contributed by atoms with van der Waals surface area (Å²) in [4.78, 5) is 13.7. The second-order valence-corrected chi connectivity index (χ2v) is 12.6. The van der Waals surface area contributed by atoms with Gasteiger partial charge in [0.1, 0.15) is 6.54 Å². The van der Waals surface area contributed by atoms with Crippen LogP contribution in [0.2, 0.25) is 0 Å². The zero-order chi connectivity index (χ0) is 23.6. The summed E-state index contributed by atoms with van der Waals surface area (Å²) >= 11 is 0. The summed E-state index contributed by atoms with van der Waals surface area (Å²) in [5, 5.41) is 0. The van der Waals surface area contributed by atoms with Crippen molar-refractivity contribution in [1.82, 2.24) is 0 Å². The molecule has 3 rings (SSSR count). The summed E-state index contributed by atoms with van der Waals surface area (Å²) in [5.74, 6) is -3.40. The van der Waals surface area contributed by atoms with Gasteiger partial charge in [-0.3, -0.25) is 0 Å². The van der Waals surface area contributed by atoms with Crippen molar-refractivity contribution in [2.75, 3.05) is 38.7 Å². The molecule has 1 saturated carbocycles. The first-order valence-electron chi connectivity index (χ1n) is 10.8. The van der Waals surface area contributed by atoms with E-state index in [0.29, 0.717) is 35.9 Å². The molecule has 2 unspecified atom stereocenters. The van der Waals surface area contributed by atoms with Gasteiger partial charge in [0.05, 0.1) is 42.3 Å². The average molecular weight is 571 g/mol. The van der Waals surface area contributed by atoms with E-state index in [0.717, 1.165) is 19.4 Å². The van der Waals surface area contributed by atoms with Crippen molar-refractivity contribution in [3.05, 3.63) is 35.9 Å². The highest BCUT2D eigenvalue weighted by Gasteiger charge is 2.55. The van der Waals surface area contributed by atoms with Crippen molar-refractivity contribution >= 4 is 43.2 Å². The summed E-state index contributed by atoms with van der Waals surface area (Å²) in [5.41, 5.74) is -1.58. The Labute approximate surface area is 206 Å². The minimum Gasteiger partial charge on any atom is -0.748 e. The van der Waals surface area contributed by atoms with Crippen LogP contribution in [0.5, 0.6) is 0 Å². The van der Waals surface area contributed by atoms with Gasteiger partial charge >= 0.3 is 5.97 Å². The Hall–Kier alpha value is -1.05. The highest BCUT2D eigenvalue weighted by Crippen LogP contribution is 2.46. The van der Waals surface area contributed by atoms with E-state index in [9.17, 15) is 26.2 Å². The van der Waals surface area contributed by atoms with Crippen LogP contribution in [0.1, 0.15) is 37.7 Å². The van der Waals surface area contributed by atoms with Crippen LogP contribution in [-0.2, 0) is 39.6 Å². The number of ether oxygens (including phenoxy) is 1. The molecule has 0 radical (unpaired) electrons. The van der Waals surface area contributed by atoms with Crippen molar-refractivity contribution < 1.29 is 39.6 Å². The summed E-state index contributed by atoms with van der Waals surface area (Å²) in [7, 11) is -5.26. The molecular formula is C21H32BrNO8S2. The second-order valence-electron chi connectivity index (χ2n) is 9.35. The van der Waals surface area contributed by atoms with Crippen molar-refractivity contribution in [2.24, 2.45) is 5.92 Å². The molecule has 0 aromatic heterocycles. The highest BCUT2D eigenvalue weighted by atomic mass is 79.9. The topological polar surface area (TPSA) is 127 Å². The molecule has 2 atom stereocenters. The fourth-order valence-corrected chi connectivity index (χ4v) is 7.11. The molecular weight excluding hydrogens is 538 g/mol. The van der Waals surface area contributed by atoms with Crippen molar-refractivity contribution in [3.63, 3.8) is 0 Å². The van der Waals surface area contributed by atoms with Gasteiger partial charge in [0.2, 0.25) is 5.60 Å². The summed E-state index contributed by atoms with van der Waals surface area (Å²) in [6, 6.07) is 8.34. The Morgan fingerprint density at radius 3 is 2.18 bits per heavy atom. The number of esters is 1. The molecule has 1 aliphatic carbocycles. The average Bonchev–Trinajstić information content (AvgIpc) is 3.35. The van der Waals surface area contributed by atoms with Crippen molar-refractivity contribution in [3.8, 4) is 0 Å². The maximum Gasteiger partial charge on any atom is 0.345 e. The van der Waals surface area contributed by atoms with Gasteiger partial charge in [-0.2, -0.15) is 8.42 Å². The third-order valence-corrected chi connectivity index (χ3v) is 8.49. The van der Waals surface area contributed by atoms with Gasteiger partial charge in [0.15, 0.2) is 6.10 Å². The smallest absolute Gasteiger partial charge is 0.345 e. The number of carbonyl (C=O) groups is 1. The van der Waals surface area contributed by atoms with Gasteiger partial charge in [-0.05, 0) is 18.4 Å². The quantitative estimate of drug-likeness (QED) is 0.191. The molecule has 2 fully saturated rings. The lowest BCUT2D eigenvalue weighted by Crippen LogP contribution is -2.49. The molecule has 9 nitrogen and oxygen atoms in total. The van der Waals surface area contributed by atoms with Crippen LogP contribution < -0.4 is 0 Å². The third-order valence-electron chi connectivity index (χ3n) is 6.31. The molecule has 2 aliphatic rings. The fraction of sp³-hybridized carbons (Fsp3) is 0.667. The van der Waals surface area contributed by atoms with Gasteiger partial charge in [-0.25, -0.2) is 17.4 Å². The van der Waals surface area contributed by atoms with Crippen LogP contribution in [0.25, 0.3) is 0 Å². The normalized spacial score (nSPS) is 22.9. The van der Waals surface area contributed by atoms with E-state index in [-0.39, 0.29) is 23.1 Å². The number of likely N-dealkylation sites (tertiary alicyclic amines) is 1. The lowest BCUT2D eigenvalue weighted by molar-refractivity contribution is -0.879. The molecule has 0 bridgehead atoms. The van der Waals surface area contributed by atoms with Crippen LogP contribution in [0.3, 0.4) is 0 Å². The molecule has 188 valence electrons. The maximum atomic E-state index is 13.7. The minimum absolute atomic E-state index is 0. The number of quaternary nitrogens is 1. The number of halogens is 1.